The van der Waals surface area contributed by atoms with Gasteiger partial charge in [-0.2, -0.15) is 0 Å². The van der Waals surface area contributed by atoms with E-state index in [2.05, 4.69) is 15.5 Å². The Labute approximate surface area is 73.6 Å². The molecule has 38 valence electrons. The van der Waals surface area contributed by atoms with Gasteiger partial charge in [0.1, 0.15) is 0 Å². The fraction of sp³-hybridized carbons (Fsp3) is 0.500. The van der Waals surface area contributed by atoms with Crippen LogP contribution in [0.1, 0.15) is 0 Å². The molecule has 0 aliphatic rings. The molecule has 2 N–H and O–H groups in total. The average molecular weight is 140 g/mol. The van der Waals surface area contributed by atoms with E-state index in [9.17, 15) is 0 Å². The smallest absolute Gasteiger partial charge is 0.141 e. The Morgan fingerprint density at radius 3 is 2.62 bits per heavy atom. The van der Waals surface area contributed by atoms with Gasteiger partial charge in [0.05, 0.1) is 12.3 Å². The van der Waals surface area contributed by atoms with Crippen molar-refractivity contribution in [2.75, 3.05) is 0 Å². The van der Waals surface area contributed by atoms with Gasteiger partial charge in [0.2, 0.25) is 0 Å². The Bertz CT molecular complexity index is 202. The zero-order valence-corrected chi connectivity index (χ0v) is 7.62. The summed E-state index contributed by atoms with van der Waals surface area (Å²) in [6.07, 6.45) is 0. The first kappa shape index (κ1) is 8.29. The molecule has 0 aliphatic carbocycles. The molecule has 0 radical (unpaired) electrons. The minimum Gasteiger partial charge on any atom is -0.141 e. The maximum atomic E-state index is 4.70. The zero-order valence-electron chi connectivity index (χ0n) is 4.80. The summed E-state index contributed by atoms with van der Waals surface area (Å²) in [5.41, 5.74) is 0. The molecule has 0 saturated heterocycles. The molecule has 0 aromatic carbocycles. The number of H-pyrrole nitrogens is 2. The van der Waals surface area contributed by atoms with E-state index >= 15 is 0 Å². The monoisotopic (exact) mass is 140 g/mol. The number of nitrogens with one attached hydrogen (secondary N) is 2. The van der Waals surface area contributed by atoms with Crippen molar-refractivity contribution >= 4 is 12.2 Å². The number of rotatable bonds is 0. The first-order valence-corrected chi connectivity index (χ1v) is 2.20. The first-order valence-electron chi connectivity index (χ1n) is 1.80. The van der Waals surface area contributed by atoms with Crippen LogP contribution in [0, 0.1) is 4.77 Å². The Balaban J connectivity index is 0.000000490. The summed E-state index contributed by atoms with van der Waals surface area (Å²) < 4.78 is 2.20. The van der Waals surface area contributed by atoms with Gasteiger partial charge in [0, 0.05) is 0 Å². The number of hydrogen-bond acceptors (Lipinski definition) is 2. The maximum absolute atomic E-state index is 4.70. The minimum absolute atomic E-state index is 0. The third-order valence-corrected chi connectivity index (χ3v) is 1.02. The summed E-state index contributed by atoms with van der Waals surface area (Å²) in [5.74, 6) is 0. The molecular formula is C2H5N4NaS+2. The molecule has 4 nitrogen and oxygen atoms in total. The second-order valence-corrected chi connectivity index (χ2v) is 1.57. The van der Waals surface area contributed by atoms with Crippen LogP contribution in [-0.4, -0.2) is 15.1 Å². The molecule has 0 atom stereocenters. The van der Waals surface area contributed by atoms with Crippen molar-refractivity contribution in [3.63, 3.8) is 0 Å². The molecule has 1 heterocycles. The van der Waals surface area contributed by atoms with E-state index in [0.717, 1.165) is 0 Å². The fourth-order valence-electron chi connectivity index (χ4n) is 0.268. The molecule has 0 saturated carbocycles. The predicted octanol–water partition coefficient (Wildman–Crippen LogP) is -3.70. The van der Waals surface area contributed by atoms with Gasteiger partial charge >= 0.3 is 34.3 Å². The van der Waals surface area contributed by atoms with Crippen LogP contribution in [0.5, 0.6) is 0 Å². The molecule has 0 aliphatic heterocycles. The number of aromatic nitrogens is 4. The van der Waals surface area contributed by atoms with E-state index in [4.69, 9.17) is 12.2 Å². The number of nitrogens with zero attached hydrogens (tertiary/aromatic N) is 2. The molecule has 1 aromatic heterocycles. The Morgan fingerprint density at radius 2 is 2.50 bits per heavy atom. The van der Waals surface area contributed by atoms with Gasteiger partial charge in [-0.25, -0.2) is 0 Å². The van der Waals surface area contributed by atoms with Crippen molar-refractivity contribution in [1.29, 1.82) is 0 Å². The van der Waals surface area contributed by atoms with Gasteiger partial charge in [0.15, 0.2) is 0 Å². The average Bonchev–Trinajstić information content (AvgIpc) is 1.91. The fourth-order valence-corrected chi connectivity index (χ4v) is 0.355. The molecule has 6 heteroatoms. The van der Waals surface area contributed by atoms with Crippen LogP contribution in [0.3, 0.4) is 0 Å². The SMILES string of the molecule is Cn1[nH]n[nH+]c1=S.[Na+]. The van der Waals surface area contributed by atoms with Crippen LogP contribution in [0.15, 0.2) is 0 Å². The molecule has 0 bridgehead atoms. The van der Waals surface area contributed by atoms with Crippen molar-refractivity contribution < 1.29 is 34.7 Å². The van der Waals surface area contributed by atoms with E-state index < -0.39 is 0 Å². The van der Waals surface area contributed by atoms with E-state index in [1.165, 1.54) is 0 Å². The van der Waals surface area contributed by atoms with Crippen LogP contribution in [0.25, 0.3) is 0 Å². The quantitative estimate of drug-likeness (QED) is 0.298. The maximum Gasteiger partial charge on any atom is 1.00 e. The third kappa shape index (κ3) is 1.66. The van der Waals surface area contributed by atoms with Gasteiger partial charge < -0.3 is 0 Å². The van der Waals surface area contributed by atoms with Crippen LogP contribution < -0.4 is 34.7 Å². The van der Waals surface area contributed by atoms with Crippen LogP contribution in [-0.2, 0) is 7.05 Å². The Hall–Kier alpha value is 0.290. The number of aromatic amines is 2. The Kier molecular flexibility index (Phi) is 3.46. The van der Waals surface area contributed by atoms with Gasteiger partial charge in [-0.1, -0.05) is 5.21 Å². The Morgan fingerprint density at radius 1 is 1.88 bits per heavy atom. The summed E-state index contributed by atoms with van der Waals surface area (Å²) in [5, 5.41) is 8.65. The second kappa shape index (κ2) is 3.34. The number of hydrogen-bond donors (Lipinski definition) is 1. The molecule has 0 unspecified atom stereocenters. The number of tetrazole rings is 1. The molecule has 0 fully saturated rings. The van der Waals surface area contributed by atoms with Crippen molar-refractivity contribution in [3.05, 3.63) is 4.77 Å². The predicted molar refractivity (Wildman–Crippen MR) is 24.9 cm³/mol. The summed E-state index contributed by atoms with van der Waals surface area (Å²) in [6, 6.07) is 0. The normalized spacial score (nSPS) is 8.12. The minimum atomic E-state index is 0. The van der Waals surface area contributed by atoms with Crippen molar-refractivity contribution in [1.82, 2.24) is 15.1 Å². The van der Waals surface area contributed by atoms with Crippen LogP contribution in [0.4, 0.5) is 0 Å². The molecule has 0 spiro atoms. The second-order valence-electron chi connectivity index (χ2n) is 1.19. The van der Waals surface area contributed by atoms with Crippen LogP contribution in [0.2, 0.25) is 0 Å². The molecule has 8 heavy (non-hydrogen) atoms. The molecule has 1 rings (SSSR count). The summed E-state index contributed by atoms with van der Waals surface area (Å²) in [7, 11) is 1.78. The molecule has 0 amide bonds. The zero-order chi connectivity index (χ0) is 5.28. The van der Waals surface area contributed by atoms with E-state index in [1.807, 2.05) is 0 Å². The van der Waals surface area contributed by atoms with E-state index in [0.29, 0.717) is 4.77 Å². The molecule has 1 aromatic rings. The number of aryl methyl sites for hydroxylation is 1. The standard InChI is InChI=1S/C2H4N4S.Na/c1-6-2(7)3-4-5-6;/h1H3,(H,3,5,7);/q;+1/p+1. The summed E-state index contributed by atoms with van der Waals surface area (Å²) in [6.45, 7) is 0. The van der Waals surface area contributed by atoms with Crippen molar-refractivity contribution in [2.24, 2.45) is 7.05 Å². The van der Waals surface area contributed by atoms with Crippen molar-refractivity contribution in [2.45, 2.75) is 0 Å². The van der Waals surface area contributed by atoms with Gasteiger partial charge in [-0.15, -0.1) is 9.78 Å². The first-order chi connectivity index (χ1) is 3.30. The molecular weight excluding hydrogens is 135 g/mol. The van der Waals surface area contributed by atoms with Crippen molar-refractivity contribution in [3.8, 4) is 0 Å². The summed E-state index contributed by atoms with van der Waals surface area (Å²) >= 11 is 4.70. The van der Waals surface area contributed by atoms with E-state index in [1.54, 1.807) is 11.7 Å². The van der Waals surface area contributed by atoms with Gasteiger partial charge in [-0.05, 0) is 12.2 Å². The third-order valence-electron chi connectivity index (χ3n) is 0.656. The van der Waals surface area contributed by atoms with Gasteiger partial charge in [-0.3, -0.25) is 0 Å². The van der Waals surface area contributed by atoms with Crippen LogP contribution >= 0.6 is 12.2 Å². The van der Waals surface area contributed by atoms with Gasteiger partial charge in [0.25, 0.3) is 0 Å². The van der Waals surface area contributed by atoms with E-state index in [-0.39, 0.29) is 29.6 Å². The topological polar surface area (TPSA) is 47.8 Å². The summed E-state index contributed by atoms with van der Waals surface area (Å²) in [4.78, 5) is 0. The largest absolute Gasteiger partial charge is 1.00 e.